The third kappa shape index (κ3) is 4.34. The van der Waals surface area contributed by atoms with Gasteiger partial charge in [0.25, 0.3) is 0 Å². The second kappa shape index (κ2) is 6.27. The van der Waals surface area contributed by atoms with Crippen molar-refractivity contribution in [3.63, 3.8) is 0 Å². The van der Waals surface area contributed by atoms with Crippen LogP contribution in [-0.4, -0.2) is 11.1 Å². The summed E-state index contributed by atoms with van der Waals surface area (Å²) in [7, 11) is 2.00. The third-order valence-corrected chi connectivity index (χ3v) is 1.98. The average Bonchev–Trinajstić information content (AvgIpc) is 2.31. The fourth-order valence-electron chi connectivity index (χ4n) is 1.13. The molecule has 0 spiro atoms. The molecule has 1 aromatic carbocycles. The second-order valence-electron chi connectivity index (χ2n) is 3.34. The van der Waals surface area contributed by atoms with Crippen LogP contribution in [0.2, 0.25) is 0 Å². The Morgan fingerprint density at radius 1 is 1.12 bits per heavy atom. The van der Waals surface area contributed by atoms with Crippen LogP contribution < -0.4 is 9.67 Å². The van der Waals surface area contributed by atoms with E-state index in [1.54, 1.807) is 0 Å². The standard InChI is InChI=1S/C7H6O3.C6H8N/c8-6-4-2-1-3-5(6)7(9)10;1-7-5-3-2-4-6-7/h1-4,8H,(H,9,10);2-6H,1H3/q;+1/p-1. The van der Waals surface area contributed by atoms with Gasteiger partial charge in [0.1, 0.15) is 7.05 Å². The Morgan fingerprint density at radius 2 is 1.71 bits per heavy atom. The second-order valence-corrected chi connectivity index (χ2v) is 3.34. The van der Waals surface area contributed by atoms with Crippen molar-refractivity contribution in [1.82, 2.24) is 0 Å². The van der Waals surface area contributed by atoms with E-state index in [-0.39, 0.29) is 5.56 Å². The summed E-state index contributed by atoms with van der Waals surface area (Å²) in [5, 5.41) is 19.0. The van der Waals surface area contributed by atoms with E-state index in [1.807, 2.05) is 42.2 Å². The molecule has 0 saturated carbocycles. The van der Waals surface area contributed by atoms with Gasteiger partial charge in [-0.2, -0.15) is 0 Å². The highest BCUT2D eigenvalue weighted by molar-refractivity contribution is 5.90. The summed E-state index contributed by atoms with van der Waals surface area (Å²) in [5.74, 6) is -1.62. The van der Waals surface area contributed by atoms with Crippen molar-refractivity contribution in [1.29, 1.82) is 0 Å². The number of carbonyl (C=O) groups is 1. The van der Waals surface area contributed by atoms with Gasteiger partial charge in [0.2, 0.25) is 0 Å². The summed E-state index contributed by atoms with van der Waals surface area (Å²) in [5.41, 5.74) is -0.178. The molecule has 17 heavy (non-hydrogen) atoms. The van der Waals surface area contributed by atoms with Crippen molar-refractivity contribution in [3.05, 3.63) is 60.4 Å². The molecule has 0 aliphatic heterocycles. The van der Waals surface area contributed by atoms with Gasteiger partial charge in [-0.25, -0.2) is 9.36 Å². The normalized spacial score (nSPS) is 9.00. The summed E-state index contributed by atoms with van der Waals surface area (Å²) in [6.45, 7) is 0. The molecule has 0 fully saturated rings. The van der Waals surface area contributed by atoms with Crippen molar-refractivity contribution in [2.24, 2.45) is 7.05 Å². The molecule has 0 aliphatic carbocycles. The molecule has 2 aromatic rings. The zero-order valence-electron chi connectivity index (χ0n) is 9.41. The SMILES string of the molecule is C[n+]1ccccc1.O=C(O)c1ccccc1[O-]. The van der Waals surface area contributed by atoms with Crippen molar-refractivity contribution in [2.45, 2.75) is 0 Å². The first-order valence-electron chi connectivity index (χ1n) is 5.01. The average molecular weight is 231 g/mol. The van der Waals surface area contributed by atoms with Crippen LogP contribution in [0.1, 0.15) is 10.4 Å². The van der Waals surface area contributed by atoms with Gasteiger partial charge >= 0.3 is 5.97 Å². The molecule has 1 aromatic heterocycles. The lowest BCUT2D eigenvalue weighted by Gasteiger charge is -2.07. The third-order valence-electron chi connectivity index (χ3n) is 1.98. The van der Waals surface area contributed by atoms with E-state index in [2.05, 4.69) is 0 Å². The van der Waals surface area contributed by atoms with Crippen molar-refractivity contribution >= 4 is 5.97 Å². The Kier molecular flexibility index (Phi) is 4.69. The molecule has 0 saturated heterocycles. The van der Waals surface area contributed by atoms with Crippen molar-refractivity contribution in [2.75, 3.05) is 0 Å². The Balaban J connectivity index is 0.000000181. The Labute approximate surface area is 99.4 Å². The minimum atomic E-state index is -1.18. The molecule has 0 unspecified atom stereocenters. The fraction of sp³-hybridized carbons (Fsp3) is 0.0769. The van der Waals surface area contributed by atoms with Crippen LogP contribution in [0, 0.1) is 0 Å². The molecule has 0 atom stereocenters. The smallest absolute Gasteiger partial charge is 0.335 e. The summed E-state index contributed by atoms with van der Waals surface area (Å²) in [6.07, 6.45) is 4.00. The lowest BCUT2D eigenvalue weighted by molar-refractivity contribution is -0.671. The molecule has 1 heterocycles. The monoisotopic (exact) mass is 231 g/mol. The highest BCUT2D eigenvalue weighted by Gasteiger charge is 1.99. The first kappa shape index (κ1) is 12.7. The summed E-state index contributed by atoms with van der Waals surface area (Å²) in [6, 6.07) is 11.5. The molecule has 4 nitrogen and oxygen atoms in total. The van der Waals surface area contributed by atoms with Gasteiger partial charge < -0.3 is 10.2 Å². The molecule has 0 amide bonds. The molecule has 1 N–H and O–H groups in total. The highest BCUT2D eigenvalue weighted by Crippen LogP contribution is 2.10. The van der Waals surface area contributed by atoms with Crippen LogP contribution in [0.15, 0.2) is 54.9 Å². The van der Waals surface area contributed by atoms with Gasteiger partial charge in [-0.1, -0.05) is 30.0 Å². The van der Waals surface area contributed by atoms with E-state index >= 15 is 0 Å². The number of para-hydroxylation sites is 1. The van der Waals surface area contributed by atoms with E-state index in [0.717, 1.165) is 0 Å². The topological polar surface area (TPSA) is 64.2 Å². The molecule has 88 valence electrons. The highest BCUT2D eigenvalue weighted by atomic mass is 16.4. The van der Waals surface area contributed by atoms with Gasteiger partial charge in [0.05, 0.1) is 5.56 Å². The number of benzene rings is 1. The first-order valence-corrected chi connectivity index (χ1v) is 5.01. The molecule has 2 rings (SSSR count). The van der Waals surface area contributed by atoms with Gasteiger partial charge in [-0.05, 0) is 6.07 Å². The zero-order valence-corrected chi connectivity index (χ0v) is 9.41. The van der Waals surface area contributed by atoms with Gasteiger partial charge in [0.15, 0.2) is 12.4 Å². The Hall–Kier alpha value is -2.36. The van der Waals surface area contributed by atoms with Crippen LogP contribution in [0.3, 0.4) is 0 Å². The van der Waals surface area contributed by atoms with Crippen LogP contribution in [0.5, 0.6) is 5.75 Å². The van der Waals surface area contributed by atoms with E-state index < -0.39 is 11.7 Å². The number of pyridine rings is 1. The van der Waals surface area contributed by atoms with Crippen LogP contribution >= 0.6 is 0 Å². The Morgan fingerprint density at radius 3 is 2.06 bits per heavy atom. The molecule has 0 aliphatic rings. The minimum Gasteiger partial charge on any atom is -0.872 e. The minimum absolute atomic E-state index is 0.178. The van der Waals surface area contributed by atoms with Crippen molar-refractivity contribution < 1.29 is 19.6 Å². The number of hydrogen-bond acceptors (Lipinski definition) is 2. The van der Waals surface area contributed by atoms with Crippen molar-refractivity contribution in [3.8, 4) is 5.75 Å². The number of aromatic nitrogens is 1. The van der Waals surface area contributed by atoms with Crippen LogP contribution in [0.4, 0.5) is 0 Å². The zero-order chi connectivity index (χ0) is 12.7. The summed E-state index contributed by atoms with van der Waals surface area (Å²) >= 11 is 0. The van der Waals surface area contributed by atoms with E-state index in [9.17, 15) is 9.90 Å². The predicted molar refractivity (Wildman–Crippen MR) is 60.5 cm³/mol. The number of carboxylic acids is 1. The van der Waals surface area contributed by atoms with E-state index in [1.165, 1.54) is 24.3 Å². The number of aromatic carboxylic acids is 1. The van der Waals surface area contributed by atoms with Gasteiger partial charge in [0, 0.05) is 12.1 Å². The quantitative estimate of drug-likeness (QED) is 0.744. The lowest BCUT2D eigenvalue weighted by atomic mass is 10.2. The molecule has 4 heteroatoms. The first-order chi connectivity index (χ1) is 8.11. The molecule has 0 bridgehead atoms. The maximum atomic E-state index is 10.7. The van der Waals surface area contributed by atoms with Crippen LogP contribution in [-0.2, 0) is 7.05 Å². The molecular formula is C13H13NO3. The Bertz CT molecular complexity index is 483. The number of aryl methyl sites for hydroxylation is 1. The van der Waals surface area contributed by atoms with Gasteiger partial charge in [-0.15, -0.1) is 0 Å². The number of carboxylic acid groups (broad SMARTS) is 1. The number of hydrogen-bond donors (Lipinski definition) is 1. The lowest BCUT2D eigenvalue weighted by Crippen LogP contribution is -2.25. The molecule has 0 radical (unpaired) electrons. The van der Waals surface area contributed by atoms with Gasteiger partial charge in [-0.3, -0.25) is 0 Å². The molecular weight excluding hydrogens is 218 g/mol. The maximum absolute atomic E-state index is 10.7. The predicted octanol–water partition coefficient (Wildman–Crippen LogP) is 0.969. The summed E-state index contributed by atoms with van der Waals surface area (Å²) in [4.78, 5) is 10.2. The number of nitrogens with zero attached hydrogens (tertiary/aromatic N) is 1. The fourth-order valence-corrected chi connectivity index (χ4v) is 1.13. The van der Waals surface area contributed by atoms with E-state index in [4.69, 9.17) is 5.11 Å². The number of rotatable bonds is 1. The van der Waals surface area contributed by atoms with Crippen LogP contribution in [0.25, 0.3) is 0 Å². The van der Waals surface area contributed by atoms with E-state index in [0.29, 0.717) is 0 Å². The summed E-state index contributed by atoms with van der Waals surface area (Å²) < 4.78 is 2.00. The maximum Gasteiger partial charge on any atom is 0.335 e. The largest absolute Gasteiger partial charge is 0.872 e.